The lowest BCUT2D eigenvalue weighted by Gasteiger charge is -2.30. The fraction of sp³-hybridized carbons (Fsp3) is 1.00. The lowest BCUT2D eigenvalue weighted by Crippen LogP contribution is -2.46. The second kappa shape index (κ2) is 7.45. The number of rotatable bonds is 9. The van der Waals surface area contributed by atoms with Gasteiger partial charge in [-0.3, -0.25) is 0 Å². The maximum absolute atomic E-state index is 5.93. The summed E-state index contributed by atoms with van der Waals surface area (Å²) in [5.74, 6) is 0.865. The zero-order valence-corrected chi connectivity index (χ0v) is 14.3. The zero-order valence-electron chi connectivity index (χ0n) is 12.5. The molecule has 0 amide bonds. The minimum atomic E-state index is -2.39. The summed E-state index contributed by atoms with van der Waals surface area (Å²) in [7, 11) is -2.39. The largest absolute Gasteiger partial charge is 0.500 e. The van der Waals surface area contributed by atoms with Crippen molar-refractivity contribution in [3.63, 3.8) is 0 Å². The minimum absolute atomic E-state index is 0.692. The first-order valence-electron chi connectivity index (χ1n) is 7.80. The maximum Gasteiger partial charge on any atom is 0.500 e. The molecule has 1 saturated heterocycles. The molecular formula is C14H28O3SSi. The van der Waals surface area contributed by atoms with Crippen molar-refractivity contribution in [3.8, 4) is 0 Å². The van der Waals surface area contributed by atoms with Gasteiger partial charge in [0.15, 0.2) is 0 Å². The normalized spacial score (nSPS) is 30.2. The van der Waals surface area contributed by atoms with E-state index >= 15 is 0 Å². The molecule has 1 saturated carbocycles. The molecule has 0 aromatic carbocycles. The molecule has 1 heterocycles. The highest BCUT2D eigenvalue weighted by molar-refractivity contribution is 8.07. The number of hydrogen-bond acceptors (Lipinski definition) is 4. The molecule has 0 N–H and O–H groups in total. The molecule has 3 unspecified atom stereocenters. The van der Waals surface area contributed by atoms with Crippen LogP contribution in [0.25, 0.3) is 0 Å². The molecule has 1 aliphatic carbocycles. The summed E-state index contributed by atoms with van der Waals surface area (Å²) in [5, 5.41) is 1.98. The molecular weight excluding hydrogens is 276 g/mol. The van der Waals surface area contributed by atoms with E-state index in [4.69, 9.17) is 13.3 Å². The van der Waals surface area contributed by atoms with Gasteiger partial charge in [-0.15, -0.1) is 0 Å². The van der Waals surface area contributed by atoms with Gasteiger partial charge in [0.2, 0.25) is 0 Å². The van der Waals surface area contributed by atoms with Crippen LogP contribution in [0.15, 0.2) is 0 Å². The van der Waals surface area contributed by atoms with Crippen molar-refractivity contribution in [1.29, 1.82) is 0 Å². The van der Waals surface area contributed by atoms with E-state index in [1.54, 1.807) is 0 Å². The lowest BCUT2D eigenvalue weighted by molar-refractivity contribution is 0.0691. The smallest absolute Gasteiger partial charge is 0.374 e. The Bertz CT molecular complexity index is 260. The number of hydrogen-bond donors (Lipinski definition) is 0. The molecule has 0 aromatic rings. The van der Waals surface area contributed by atoms with Gasteiger partial charge < -0.3 is 13.3 Å². The lowest BCUT2D eigenvalue weighted by atomic mass is 9.88. The minimum Gasteiger partial charge on any atom is -0.374 e. The van der Waals surface area contributed by atoms with Crippen LogP contribution in [0, 0.1) is 5.92 Å². The van der Waals surface area contributed by atoms with E-state index in [1.165, 1.54) is 25.7 Å². The Morgan fingerprint density at radius 1 is 0.947 bits per heavy atom. The van der Waals surface area contributed by atoms with Crippen LogP contribution in [0.4, 0.5) is 0 Å². The molecule has 0 bridgehead atoms. The molecule has 0 spiro atoms. The van der Waals surface area contributed by atoms with Gasteiger partial charge in [-0.05, 0) is 52.4 Å². The highest BCUT2D eigenvalue weighted by Gasteiger charge is 2.45. The second-order valence-corrected chi connectivity index (χ2v) is 9.63. The Morgan fingerprint density at radius 2 is 1.58 bits per heavy atom. The van der Waals surface area contributed by atoms with Gasteiger partial charge in [0.1, 0.15) is 0 Å². The summed E-state index contributed by atoms with van der Waals surface area (Å²) in [5.41, 5.74) is 0. The van der Waals surface area contributed by atoms with Gasteiger partial charge in [-0.2, -0.15) is 11.8 Å². The van der Waals surface area contributed by atoms with Crippen molar-refractivity contribution >= 4 is 20.6 Å². The van der Waals surface area contributed by atoms with Crippen LogP contribution in [0.1, 0.15) is 46.5 Å². The van der Waals surface area contributed by atoms with Crippen LogP contribution in [-0.4, -0.2) is 39.1 Å². The van der Waals surface area contributed by atoms with Crippen molar-refractivity contribution < 1.29 is 13.3 Å². The zero-order chi connectivity index (χ0) is 13.7. The van der Waals surface area contributed by atoms with E-state index < -0.39 is 8.80 Å². The molecule has 0 radical (unpaired) electrons. The summed E-state index contributed by atoms with van der Waals surface area (Å²) in [6, 6.07) is 0.995. The molecule has 19 heavy (non-hydrogen) atoms. The molecule has 3 atom stereocenters. The maximum atomic E-state index is 5.93. The van der Waals surface area contributed by atoms with Crippen LogP contribution >= 0.6 is 11.8 Å². The fourth-order valence-electron chi connectivity index (χ4n) is 3.13. The molecule has 112 valence electrons. The van der Waals surface area contributed by atoms with Gasteiger partial charge in [-0.1, -0.05) is 0 Å². The van der Waals surface area contributed by atoms with Gasteiger partial charge >= 0.3 is 8.80 Å². The molecule has 2 rings (SSSR count). The third-order valence-corrected chi connectivity index (χ3v) is 8.62. The molecule has 1 aliphatic heterocycles. The van der Waals surface area contributed by atoms with Crippen LogP contribution in [-0.2, 0) is 13.3 Å². The SMILES string of the molecule is CCO[Si](CCC1CCC2SC2C1)(OCC)OCC. The third kappa shape index (κ3) is 4.46. The first-order chi connectivity index (χ1) is 9.23. The molecule has 5 heteroatoms. The summed E-state index contributed by atoms with van der Waals surface area (Å²) in [6.45, 7) is 8.18. The summed E-state index contributed by atoms with van der Waals surface area (Å²) in [6.07, 6.45) is 5.44. The predicted molar refractivity (Wildman–Crippen MR) is 82.6 cm³/mol. The quantitative estimate of drug-likeness (QED) is 0.479. The third-order valence-electron chi connectivity index (χ3n) is 4.06. The number of fused-ring (bicyclic) bond motifs is 1. The standard InChI is InChI=1S/C14H28O3SSi/c1-4-15-19(16-5-2,17-6-3)10-9-12-7-8-13-14(11-12)18-13/h12-14H,4-11H2,1-3H3. The molecule has 2 fully saturated rings. The summed E-state index contributed by atoms with van der Waals surface area (Å²) < 4.78 is 17.8. The number of thioether (sulfide) groups is 1. The predicted octanol–water partition coefficient (Wildman–Crippen LogP) is 3.71. The van der Waals surface area contributed by atoms with Gasteiger partial charge in [-0.25, -0.2) is 0 Å². The average molecular weight is 305 g/mol. The second-order valence-electron chi connectivity index (χ2n) is 5.41. The van der Waals surface area contributed by atoms with Gasteiger partial charge in [0, 0.05) is 36.4 Å². The van der Waals surface area contributed by atoms with Crippen molar-refractivity contribution in [2.45, 2.75) is 63.0 Å². The Balaban J connectivity index is 1.82. The first kappa shape index (κ1) is 15.8. The Hall–Kier alpha value is 0.447. The molecule has 3 nitrogen and oxygen atoms in total. The van der Waals surface area contributed by atoms with E-state index in [0.29, 0.717) is 19.8 Å². The first-order valence-corrected chi connectivity index (χ1v) is 10.7. The summed E-state index contributed by atoms with van der Waals surface area (Å²) >= 11 is 2.18. The van der Waals surface area contributed by atoms with E-state index in [9.17, 15) is 0 Å². The van der Waals surface area contributed by atoms with E-state index in [-0.39, 0.29) is 0 Å². The Morgan fingerprint density at radius 3 is 2.11 bits per heavy atom. The molecule has 2 aliphatic rings. The average Bonchev–Trinajstić information content (AvgIpc) is 3.16. The van der Waals surface area contributed by atoms with E-state index in [2.05, 4.69) is 11.8 Å². The fourth-order valence-corrected chi connectivity index (χ4v) is 7.16. The van der Waals surface area contributed by atoms with Crippen molar-refractivity contribution in [1.82, 2.24) is 0 Å². The molecule has 0 aromatic heterocycles. The van der Waals surface area contributed by atoms with Crippen LogP contribution in [0.5, 0.6) is 0 Å². The van der Waals surface area contributed by atoms with Gasteiger partial charge in [0.05, 0.1) is 0 Å². The highest BCUT2D eigenvalue weighted by Crippen LogP contribution is 2.53. The summed E-state index contributed by atoms with van der Waals surface area (Å²) in [4.78, 5) is 0. The van der Waals surface area contributed by atoms with Crippen LogP contribution in [0.3, 0.4) is 0 Å². The van der Waals surface area contributed by atoms with E-state index in [1.807, 2.05) is 20.8 Å². The van der Waals surface area contributed by atoms with Crippen molar-refractivity contribution in [3.05, 3.63) is 0 Å². The van der Waals surface area contributed by atoms with Crippen LogP contribution < -0.4 is 0 Å². The topological polar surface area (TPSA) is 27.7 Å². The van der Waals surface area contributed by atoms with Crippen LogP contribution in [0.2, 0.25) is 6.04 Å². The monoisotopic (exact) mass is 304 g/mol. The highest BCUT2D eigenvalue weighted by atomic mass is 32.2. The van der Waals surface area contributed by atoms with Crippen molar-refractivity contribution in [2.24, 2.45) is 5.92 Å². The Kier molecular flexibility index (Phi) is 6.21. The Labute approximate surface area is 123 Å². The van der Waals surface area contributed by atoms with E-state index in [0.717, 1.165) is 22.5 Å². The van der Waals surface area contributed by atoms with Gasteiger partial charge in [0.25, 0.3) is 0 Å². The van der Waals surface area contributed by atoms with Crippen molar-refractivity contribution in [2.75, 3.05) is 19.8 Å².